The number of rotatable bonds is 5. The molecule has 2 nitrogen and oxygen atoms in total. The molecule has 1 aromatic rings. The smallest absolute Gasteiger partial charge is 0.0401 e. The van der Waals surface area contributed by atoms with Crippen LogP contribution in [0.4, 0.5) is 0 Å². The lowest BCUT2D eigenvalue weighted by Gasteiger charge is -2.06. The Balaban J connectivity index is 2.32. The highest BCUT2D eigenvalue weighted by atomic mass is 15.0. The minimum absolute atomic E-state index is 0.909. The fourth-order valence-corrected chi connectivity index (χ4v) is 1.40. The van der Waals surface area contributed by atoms with Crippen molar-refractivity contribution >= 4 is 6.21 Å². The second kappa shape index (κ2) is 6.36. The predicted molar refractivity (Wildman–Crippen MR) is 66.8 cm³/mol. The first-order valence-corrected chi connectivity index (χ1v) is 5.40. The van der Waals surface area contributed by atoms with Crippen LogP contribution in [0, 0.1) is 6.92 Å². The summed E-state index contributed by atoms with van der Waals surface area (Å²) >= 11 is 0. The standard InChI is InChI=1S/C13H20N2/c1-12-6-4-7-13(10-12)11-14-8-5-9-15(2)3/h4,6-7,10-11H,5,8-9H2,1-3H3. The molecule has 1 aromatic carbocycles. The summed E-state index contributed by atoms with van der Waals surface area (Å²) in [5.74, 6) is 0. The summed E-state index contributed by atoms with van der Waals surface area (Å²) in [5, 5.41) is 0. The molecular formula is C13H20N2. The zero-order chi connectivity index (χ0) is 11.1. The Hall–Kier alpha value is -1.15. The van der Waals surface area contributed by atoms with Crippen LogP contribution in [0.5, 0.6) is 0 Å². The molecule has 0 unspecified atom stereocenters. The predicted octanol–water partition coefficient (Wildman–Crippen LogP) is 2.37. The summed E-state index contributed by atoms with van der Waals surface area (Å²) in [7, 11) is 4.18. The van der Waals surface area contributed by atoms with Gasteiger partial charge in [0.05, 0.1) is 0 Å². The number of hydrogen-bond acceptors (Lipinski definition) is 2. The molecule has 0 bridgehead atoms. The van der Waals surface area contributed by atoms with E-state index in [4.69, 9.17) is 0 Å². The molecule has 2 heteroatoms. The molecule has 0 radical (unpaired) electrons. The summed E-state index contributed by atoms with van der Waals surface area (Å²) in [6.45, 7) is 4.11. The van der Waals surface area contributed by atoms with E-state index in [2.05, 4.69) is 55.2 Å². The van der Waals surface area contributed by atoms with Gasteiger partial charge in [-0.05, 0) is 39.5 Å². The van der Waals surface area contributed by atoms with E-state index in [0.717, 1.165) is 19.5 Å². The zero-order valence-electron chi connectivity index (χ0n) is 9.90. The van der Waals surface area contributed by atoms with Gasteiger partial charge in [0.1, 0.15) is 0 Å². The third kappa shape index (κ3) is 5.33. The van der Waals surface area contributed by atoms with Crippen molar-refractivity contribution in [2.75, 3.05) is 27.2 Å². The lowest BCUT2D eigenvalue weighted by atomic mass is 10.1. The number of aliphatic imine (C=N–C) groups is 1. The van der Waals surface area contributed by atoms with Crippen LogP contribution in [0.3, 0.4) is 0 Å². The van der Waals surface area contributed by atoms with Crippen molar-refractivity contribution in [2.24, 2.45) is 4.99 Å². The van der Waals surface area contributed by atoms with Gasteiger partial charge in [-0.1, -0.05) is 29.8 Å². The molecule has 0 aromatic heterocycles. The van der Waals surface area contributed by atoms with Gasteiger partial charge in [-0.3, -0.25) is 4.99 Å². The Morgan fingerprint density at radius 2 is 2.13 bits per heavy atom. The maximum absolute atomic E-state index is 4.40. The quantitative estimate of drug-likeness (QED) is 0.531. The first-order valence-electron chi connectivity index (χ1n) is 5.40. The minimum Gasteiger partial charge on any atom is -0.309 e. The molecule has 0 heterocycles. The molecule has 0 N–H and O–H groups in total. The van der Waals surface area contributed by atoms with E-state index >= 15 is 0 Å². The summed E-state index contributed by atoms with van der Waals surface area (Å²) < 4.78 is 0. The molecule has 1 rings (SSSR count). The fraction of sp³-hybridized carbons (Fsp3) is 0.462. The van der Waals surface area contributed by atoms with Gasteiger partial charge in [0, 0.05) is 12.8 Å². The highest BCUT2D eigenvalue weighted by Gasteiger charge is 1.89. The van der Waals surface area contributed by atoms with Gasteiger partial charge in [-0.25, -0.2) is 0 Å². The van der Waals surface area contributed by atoms with E-state index in [9.17, 15) is 0 Å². The Bertz CT molecular complexity index is 316. The van der Waals surface area contributed by atoms with E-state index in [1.165, 1.54) is 11.1 Å². The molecule has 0 aliphatic carbocycles. The maximum Gasteiger partial charge on any atom is 0.0401 e. The largest absolute Gasteiger partial charge is 0.309 e. The first kappa shape index (κ1) is 11.9. The molecule has 0 fully saturated rings. The zero-order valence-corrected chi connectivity index (χ0v) is 9.90. The summed E-state index contributed by atoms with van der Waals surface area (Å²) in [6.07, 6.45) is 3.08. The Morgan fingerprint density at radius 1 is 1.33 bits per heavy atom. The van der Waals surface area contributed by atoms with E-state index in [1.54, 1.807) is 0 Å². The van der Waals surface area contributed by atoms with Gasteiger partial charge < -0.3 is 4.90 Å². The average Bonchev–Trinajstić information content (AvgIpc) is 2.17. The molecule has 0 amide bonds. The van der Waals surface area contributed by atoms with Crippen LogP contribution in [-0.4, -0.2) is 38.3 Å². The Labute approximate surface area is 92.6 Å². The summed E-state index contributed by atoms with van der Waals surface area (Å²) in [6, 6.07) is 8.40. The first-order chi connectivity index (χ1) is 7.18. The topological polar surface area (TPSA) is 15.6 Å². The molecule has 0 saturated heterocycles. The molecule has 82 valence electrons. The van der Waals surface area contributed by atoms with Crippen LogP contribution < -0.4 is 0 Å². The highest BCUT2D eigenvalue weighted by molar-refractivity contribution is 5.79. The molecule has 0 aliphatic heterocycles. The second-order valence-electron chi connectivity index (χ2n) is 4.11. The van der Waals surface area contributed by atoms with E-state index in [1.807, 2.05) is 6.21 Å². The maximum atomic E-state index is 4.40. The lowest BCUT2D eigenvalue weighted by Crippen LogP contribution is -2.13. The van der Waals surface area contributed by atoms with Crippen molar-refractivity contribution in [1.29, 1.82) is 0 Å². The van der Waals surface area contributed by atoms with Crippen molar-refractivity contribution in [3.05, 3.63) is 35.4 Å². The van der Waals surface area contributed by atoms with Crippen molar-refractivity contribution in [3.8, 4) is 0 Å². The van der Waals surface area contributed by atoms with E-state index < -0.39 is 0 Å². The molecule has 0 atom stereocenters. The third-order valence-corrected chi connectivity index (χ3v) is 2.18. The van der Waals surface area contributed by atoms with Crippen molar-refractivity contribution < 1.29 is 0 Å². The highest BCUT2D eigenvalue weighted by Crippen LogP contribution is 2.00. The van der Waals surface area contributed by atoms with Crippen LogP contribution in [0.1, 0.15) is 17.5 Å². The SMILES string of the molecule is Cc1cccc(C=NCCCN(C)C)c1. The van der Waals surface area contributed by atoms with Crippen LogP contribution in [0.2, 0.25) is 0 Å². The van der Waals surface area contributed by atoms with Crippen LogP contribution in [0.15, 0.2) is 29.3 Å². The van der Waals surface area contributed by atoms with Crippen molar-refractivity contribution in [3.63, 3.8) is 0 Å². The van der Waals surface area contributed by atoms with Crippen molar-refractivity contribution in [1.82, 2.24) is 4.90 Å². The number of benzene rings is 1. The lowest BCUT2D eigenvalue weighted by molar-refractivity contribution is 0.403. The van der Waals surface area contributed by atoms with Crippen LogP contribution >= 0.6 is 0 Å². The van der Waals surface area contributed by atoms with Crippen molar-refractivity contribution in [2.45, 2.75) is 13.3 Å². The van der Waals surface area contributed by atoms with E-state index in [-0.39, 0.29) is 0 Å². The van der Waals surface area contributed by atoms with Gasteiger partial charge >= 0.3 is 0 Å². The normalized spacial score (nSPS) is 11.5. The third-order valence-electron chi connectivity index (χ3n) is 2.18. The molecule has 15 heavy (non-hydrogen) atoms. The van der Waals surface area contributed by atoms with Gasteiger partial charge in [-0.2, -0.15) is 0 Å². The number of aryl methyl sites for hydroxylation is 1. The summed E-state index contributed by atoms with van der Waals surface area (Å²) in [5.41, 5.74) is 2.48. The summed E-state index contributed by atoms with van der Waals surface area (Å²) in [4.78, 5) is 6.59. The van der Waals surface area contributed by atoms with Gasteiger partial charge in [0.2, 0.25) is 0 Å². The minimum atomic E-state index is 0.909. The Morgan fingerprint density at radius 3 is 2.80 bits per heavy atom. The molecular weight excluding hydrogens is 184 g/mol. The average molecular weight is 204 g/mol. The molecule has 0 saturated carbocycles. The number of hydrogen-bond donors (Lipinski definition) is 0. The Kier molecular flexibility index (Phi) is 5.05. The van der Waals surface area contributed by atoms with Crippen LogP contribution in [0.25, 0.3) is 0 Å². The van der Waals surface area contributed by atoms with Crippen LogP contribution in [-0.2, 0) is 0 Å². The number of nitrogens with zero attached hydrogens (tertiary/aromatic N) is 2. The molecule has 0 aliphatic rings. The molecule has 0 spiro atoms. The fourth-order valence-electron chi connectivity index (χ4n) is 1.40. The van der Waals surface area contributed by atoms with Gasteiger partial charge in [0.15, 0.2) is 0 Å². The second-order valence-corrected chi connectivity index (χ2v) is 4.11. The van der Waals surface area contributed by atoms with Gasteiger partial charge in [0.25, 0.3) is 0 Å². The monoisotopic (exact) mass is 204 g/mol. The van der Waals surface area contributed by atoms with Gasteiger partial charge in [-0.15, -0.1) is 0 Å². The van der Waals surface area contributed by atoms with E-state index in [0.29, 0.717) is 0 Å².